The average Bonchev–Trinajstić information content (AvgIpc) is 2.89. The van der Waals surface area contributed by atoms with E-state index in [9.17, 15) is 5.11 Å². The maximum Gasteiger partial charge on any atom is 0.165 e. The Labute approximate surface area is 132 Å². The summed E-state index contributed by atoms with van der Waals surface area (Å²) in [6, 6.07) is 2.80. The average molecular weight is 302 g/mol. The first kappa shape index (κ1) is 12.2. The highest BCUT2D eigenvalue weighted by Gasteiger charge is 2.65. The second-order valence-electron chi connectivity index (χ2n) is 7.37. The van der Waals surface area contributed by atoms with Gasteiger partial charge in [-0.1, -0.05) is 6.04 Å². The molecular weight excluding hydrogens is 278 g/mol. The standard InChI is InChI=1S/C18H23NO3/c1-19-8-7-18-11-4-5-13(20)17(18)22-16-14(21-2)6-3-10(15(16)18)9-12(11)19/h3,6,11-13,17,20H,4-5,7-9H2,1-2H3/t11-,12+,13-,17-,18-/m0/s1/i3D. The van der Waals surface area contributed by atoms with Gasteiger partial charge in [0.15, 0.2) is 11.5 Å². The lowest BCUT2D eigenvalue weighted by atomic mass is 9.51. The van der Waals surface area contributed by atoms with Crippen molar-refractivity contribution in [3.63, 3.8) is 0 Å². The van der Waals surface area contributed by atoms with Gasteiger partial charge in [0, 0.05) is 17.0 Å². The Kier molecular flexibility index (Phi) is 2.32. The summed E-state index contributed by atoms with van der Waals surface area (Å²) in [7, 11) is 3.83. The van der Waals surface area contributed by atoms with Crippen molar-refractivity contribution in [3.05, 3.63) is 23.2 Å². The van der Waals surface area contributed by atoms with Gasteiger partial charge in [0.2, 0.25) is 0 Å². The summed E-state index contributed by atoms with van der Waals surface area (Å²) in [4.78, 5) is 2.45. The molecule has 4 nitrogen and oxygen atoms in total. The lowest BCUT2D eigenvalue weighted by Crippen LogP contribution is -2.66. The molecule has 2 bridgehead atoms. The molecule has 2 aliphatic carbocycles. The molecule has 1 aromatic rings. The monoisotopic (exact) mass is 302 g/mol. The van der Waals surface area contributed by atoms with E-state index in [1.54, 1.807) is 13.2 Å². The minimum absolute atomic E-state index is 0.123. The number of piperidine rings is 1. The number of benzene rings is 1. The Balaban J connectivity index is 1.82. The largest absolute Gasteiger partial charge is 0.493 e. The highest BCUT2D eigenvalue weighted by Crippen LogP contribution is 2.63. The van der Waals surface area contributed by atoms with Crippen LogP contribution in [0.2, 0.25) is 0 Å². The molecule has 1 saturated heterocycles. The van der Waals surface area contributed by atoms with Crippen LogP contribution in [0.5, 0.6) is 11.5 Å². The third-order valence-electron chi connectivity index (χ3n) is 6.67. The molecule has 22 heavy (non-hydrogen) atoms. The smallest absolute Gasteiger partial charge is 0.165 e. The van der Waals surface area contributed by atoms with Gasteiger partial charge < -0.3 is 19.5 Å². The Morgan fingerprint density at radius 1 is 1.50 bits per heavy atom. The fourth-order valence-corrected chi connectivity index (χ4v) is 5.75. The van der Waals surface area contributed by atoms with Gasteiger partial charge in [-0.05, 0) is 56.8 Å². The van der Waals surface area contributed by atoms with Gasteiger partial charge in [0.05, 0.1) is 14.6 Å². The van der Waals surface area contributed by atoms with Crippen LogP contribution in [0.4, 0.5) is 0 Å². The normalized spacial score (nSPS) is 42.4. The van der Waals surface area contributed by atoms with Crippen LogP contribution in [-0.4, -0.2) is 49.0 Å². The zero-order valence-electron chi connectivity index (χ0n) is 14.1. The number of ether oxygens (including phenoxy) is 2. The number of hydrogen-bond donors (Lipinski definition) is 1. The van der Waals surface area contributed by atoms with Crippen LogP contribution in [0.25, 0.3) is 0 Å². The molecule has 0 radical (unpaired) electrons. The second kappa shape index (κ2) is 4.18. The van der Waals surface area contributed by atoms with E-state index in [0.29, 0.717) is 23.8 Å². The number of likely N-dealkylation sites (tertiary alicyclic amines) is 1. The van der Waals surface area contributed by atoms with Crippen molar-refractivity contribution < 1.29 is 16.0 Å². The summed E-state index contributed by atoms with van der Waals surface area (Å²) in [6.45, 7) is 1.02. The van der Waals surface area contributed by atoms with Crippen molar-refractivity contribution in [1.82, 2.24) is 4.90 Å². The molecule has 2 aliphatic heterocycles. The number of methoxy groups -OCH3 is 1. The van der Waals surface area contributed by atoms with Crippen LogP contribution in [0.1, 0.15) is 31.8 Å². The van der Waals surface area contributed by atoms with E-state index in [1.165, 1.54) is 5.56 Å². The van der Waals surface area contributed by atoms with Crippen LogP contribution in [0.15, 0.2) is 12.1 Å². The molecule has 5 atom stereocenters. The lowest BCUT2D eigenvalue weighted by Gasteiger charge is -2.58. The van der Waals surface area contributed by atoms with Gasteiger partial charge >= 0.3 is 0 Å². The summed E-state index contributed by atoms with van der Waals surface area (Å²) in [5, 5.41) is 10.7. The van der Waals surface area contributed by atoms with E-state index in [0.717, 1.165) is 43.5 Å². The van der Waals surface area contributed by atoms with Crippen molar-refractivity contribution in [3.8, 4) is 11.5 Å². The van der Waals surface area contributed by atoms with E-state index < -0.39 is 6.10 Å². The highest BCUT2D eigenvalue weighted by molar-refractivity contribution is 5.61. The van der Waals surface area contributed by atoms with Gasteiger partial charge in [-0.25, -0.2) is 0 Å². The molecule has 2 fully saturated rings. The molecular formula is C18H23NO3. The van der Waals surface area contributed by atoms with Gasteiger partial charge in [0.25, 0.3) is 0 Å². The molecule has 1 spiro atoms. The lowest BCUT2D eigenvalue weighted by molar-refractivity contribution is -0.0993. The highest BCUT2D eigenvalue weighted by atomic mass is 16.5. The molecule has 0 amide bonds. The fraction of sp³-hybridized carbons (Fsp3) is 0.667. The van der Waals surface area contributed by atoms with Crippen LogP contribution >= 0.6 is 0 Å². The maximum atomic E-state index is 10.7. The first-order valence-electron chi connectivity index (χ1n) is 8.84. The van der Waals surface area contributed by atoms with Gasteiger partial charge in [-0.2, -0.15) is 0 Å². The van der Waals surface area contributed by atoms with Crippen LogP contribution in [0.3, 0.4) is 0 Å². The number of nitrogens with zero attached hydrogens (tertiary/aromatic N) is 1. The van der Waals surface area contributed by atoms with Crippen molar-refractivity contribution in [1.29, 1.82) is 0 Å². The predicted octanol–water partition coefficient (Wildman–Crippen LogP) is 1.73. The van der Waals surface area contributed by atoms with E-state index in [2.05, 4.69) is 11.9 Å². The molecule has 0 unspecified atom stereocenters. The zero-order chi connectivity index (χ0) is 15.9. The van der Waals surface area contributed by atoms with Crippen LogP contribution in [0, 0.1) is 5.92 Å². The molecule has 1 aromatic carbocycles. The molecule has 118 valence electrons. The Hall–Kier alpha value is -1.26. The Morgan fingerprint density at radius 3 is 3.18 bits per heavy atom. The van der Waals surface area contributed by atoms with Crippen LogP contribution in [-0.2, 0) is 11.8 Å². The summed E-state index contributed by atoms with van der Waals surface area (Å²) in [6.07, 6.45) is 3.16. The Bertz CT molecular complexity index is 693. The fourth-order valence-electron chi connectivity index (χ4n) is 5.75. The zero-order valence-corrected chi connectivity index (χ0v) is 13.1. The minimum Gasteiger partial charge on any atom is -0.493 e. The summed E-state index contributed by atoms with van der Waals surface area (Å²) < 4.78 is 20.3. The van der Waals surface area contributed by atoms with Gasteiger partial charge in [-0.15, -0.1) is 0 Å². The van der Waals surface area contributed by atoms with E-state index in [1.807, 2.05) is 0 Å². The van der Waals surface area contributed by atoms with E-state index in [-0.39, 0.29) is 11.5 Å². The topological polar surface area (TPSA) is 41.9 Å². The molecule has 2 heterocycles. The second-order valence-corrected chi connectivity index (χ2v) is 7.37. The number of likely N-dealkylation sites (N-methyl/N-ethyl adjacent to an activating group) is 1. The van der Waals surface area contributed by atoms with E-state index in [4.69, 9.17) is 10.8 Å². The molecule has 4 aliphatic rings. The molecule has 5 rings (SSSR count). The third kappa shape index (κ3) is 1.32. The summed E-state index contributed by atoms with van der Waals surface area (Å²) in [5.74, 6) is 1.97. The number of rotatable bonds is 1. The molecule has 1 saturated carbocycles. The third-order valence-corrected chi connectivity index (χ3v) is 6.67. The first-order valence-corrected chi connectivity index (χ1v) is 8.34. The van der Waals surface area contributed by atoms with Crippen molar-refractivity contribution >= 4 is 0 Å². The van der Waals surface area contributed by atoms with Gasteiger partial charge in [0.1, 0.15) is 6.10 Å². The molecule has 4 heteroatoms. The minimum atomic E-state index is -0.424. The SMILES string of the molecule is [2H]c1cc(OC)c2c3c1C[C@@H]1[C@@H]4CC[C@H](O)[C@H](O2)[C@]34CCN1C. The Morgan fingerprint density at radius 2 is 2.36 bits per heavy atom. The first-order chi connectivity index (χ1) is 11.1. The van der Waals surface area contributed by atoms with Crippen molar-refractivity contribution in [2.24, 2.45) is 5.92 Å². The predicted molar refractivity (Wildman–Crippen MR) is 82.6 cm³/mol. The number of aliphatic hydroxyl groups excluding tert-OH is 1. The molecule has 1 N–H and O–H groups in total. The quantitative estimate of drug-likeness (QED) is 0.858. The van der Waals surface area contributed by atoms with E-state index >= 15 is 0 Å². The maximum absolute atomic E-state index is 10.7. The number of hydrogen-bond acceptors (Lipinski definition) is 4. The van der Waals surface area contributed by atoms with Gasteiger partial charge in [-0.3, -0.25) is 0 Å². The van der Waals surface area contributed by atoms with Crippen molar-refractivity contribution in [2.45, 2.75) is 49.3 Å². The summed E-state index contributed by atoms with van der Waals surface area (Å²) in [5.41, 5.74) is 2.19. The summed E-state index contributed by atoms with van der Waals surface area (Å²) >= 11 is 0. The number of aliphatic hydroxyl groups is 1. The van der Waals surface area contributed by atoms with Crippen LogP contribution < -0.4 is 9.47 Å². The molecule has 0 aromatic heterocycles. The van der Waals surface area contributed by atoms with Crippen molar-refractivity contribution in [2.75, 3.05) is 20.7 Å².